The lowest BCUT2D eigenvalue weighted by Gasteiger charge is -2.17. The quantitative estimate of drug-likeness (QED) is 0.0826. The molecule has 3 aliphatic rings. The molecule has 2 aliphatic carbocycles. The van der Waals surface area contributed by atoms with Crippen LogP contribution >= 0.6 is 0 Å². The molecule has 2 amide bonds. The molecule has 1 aliphatic heterocycles. The van der Waals surface area contributed by atoms with Gasteiger partial charge in [0.15, 0.2) is 5.65 Å². The smallest absolute Gasteiger partial charge is 0.250 e. The second-order valence-corrected chi connectivity index (χ2v) is 20.4. The summed E-state index contributed by atoms with van der Waals surface area (Å²) in [5.74, 6) is 3.90. The molecule has 1 atom stereocenters. The Hall–Kier alpha value is -9.12. The average Bonchev–Trinajstić information content (AvgIpc) is 4.57. The molecule has 1 saturated heterocycles. The number of rotatable bonds is 17. The van der Waals surface area contributed by atoms with E-state index in [9.17, 15) is 9.59 Å². The lowest BCUT2D eigenvalue weighted by Crippen LogP contribution is -2.28. The number of carbonyl (C=O) groups is 2. The third-order valence-electron chi connectivity index (χ3n) is 14.9. The van der Waals surface area contributed by atoms with Crippen LogP contribution in [0.1, 0.15) is 53.0 Å². The minimum atomic E-state index is -0.0752. The van der Waals surface area contributed by atoms with Crippen molar-refractivity contribution in [2.45, 2.75) is 65.1 Å². The maximum Gasteiger partial charge on any atom is 0.250 e. The van der Waals surface area contributed by atoms with Crippen LogP contribution in [-0.2, 0) is 9.59 Å². The molecule has 0 unspecified atom stereocenters. The van der Waals surface area contributed by atoms with Crippen molar-refractivity contribution in [1.29, 1.82) is 0 Å². The molecule has 416 valence electrons. The Balaban J connectivity index is 0.000000191. The predicted molar refractivity (Wildman–Crippen MR) is 326 cm³/mol. The second kappa shape index (κ2) is 25.3. The van der Waals surface area contributed by atoms with E-state index in [0.717, 1.165) is 92.6 Å². The summed E-state index contributed by atoms with van der Waals surface area (Å²) in [5.41, 5.74) is 19.7. The molecule has 2 saturated carbocycles. The lowest BCUT2D eigenvalue weighted by molar-refractivity contribution is -0.125. The van der Waals surface area contributed by atoms with E-state index in [1.165, 1.54) is 38.3 Å². The number of nitrogens with zero attached hydrogens (tertiary/aromatic N) is 10. The molecule has 16 nitrogen and oxygen atoms in total. The van der Waals surface area contributed by atoms with Crippen LogP contribution in [0.15, 0.2) is 183 Å². The van der Waals surface area contributed by atoms with Gasteiger partial charge in [0.25, 0.3) is 0 Å². The van der Waals surface area contributed by atoms with Crippen molar-refractivity contribution in [1.82, 2.24) is 43.8 Å². The van der Waals surface area contributed by atoms with Crippen LogP contribution in [0.3, 0.4) is 0 Å². The standard InChI is InChI=1S/C33H32N6O2.C30H32N6O2.2CH4/c1-37(24-15-16-24)19-7-12-30(40)38(2)25-8-6-9-26(20-25)39-21-29(31-32(34)35-22-36-33(31)39)23-13-17-28(18-14-23)41-27-10-4-3-5-11-27;1-34(22-11-12-22)16-5-8-27(37)35-17-15-23(18-35)36-19-26(28-29(31)32-20-33-30(28)36)21-9-13-25(14-10-21)38-24-6-3-2-4-7-24;;/h3-14,17-18,20-22,24H,15-16,19H2,1-2H3,(H2,34,35,36);2-10,13-14,19-20,22-23H,11-12,15-18H2,1H3,(H2,31,32,33);2*1H4/b12-7+;8-5+;;/t;23-;;/m.1../s1. The van der Waals surface area contributed by atoms with Crippen LogP contribution in [-0.4, -0.2) is 115 Å². The molecule has 0 radical (unpaired) electrons. The fourth-order valence-electron chi connectivity index (χ4n) is 10.1. The molecular weight excluding hydrogens is 1010 g/mol. The highest BCUT2D eigenvalue weighted by Crippen LogP contribution is 2.39. The first-order chi connectivity index (χ1) is 38.5. The number of amides is 2. The van der Waals surface area contributed by atoms with Crippen molar-refractivity contribution < 1.29 is 19.1 Å². The Kier molecular flexibility index (Phi) is 17.7. The van der Waals surface area contributed by atoms with Gasteiger partial charge >= 0.3 is 0 Å². The Labute approximate surface area is 474 Å². The first kappa shape index (κ1) is 56.6. The molecule has 5 aromatic carbocycles. The van der Waals surface area contributed by atoms with Crippen LogP contribution in [0, 0.1) is 0 Å². The van der Waals surface area contributed by atoms with Crippen molar-refractivity contribution in [3.05, 3.63) is 183 Å². The summed E-state index contributed by atoms with van der Waals surface area (Å²) in [6.45, 7) is 2.93. The Morgan fingerprint density at radius 2 is 1.10 bits per heavy atom. The van der Waals surface area contributed by atoms with Crippen LogP contribution in [0.2, 0.25) is 0 Å². The zero-order valence-corrected chi connectivity index (χ0v) is 44.7. The molecule has 81 heavy (non-hydrogen) atoms. The molecule has 16 heteroatoms. The molecular formula is C65H72N12O4. The van der Waals surface area contributed by atoms with E-state index in [-0.39, 0.29) is 32.7 Å². The first-order valence-electron chi connectivity index (χ1n) is 26.8. The number of likely N-dealkylation sites (tertiary alicyclic amines) is 1. The molecule has 5 heterocycles. The highest BCUT2D eigenvalue weighted by atomic mass is 16.5. The largest absolute Gasteiger partial charge is 0.457 e. The number of benzene rings is 5. The molecule has 4 N–H and O–H groups in total. The van der Waals surface area contributed by atoms with Crippen molar-refractivity contribution >= 4 is 51.2 Å². The fourth-order valence-corrected chi connectivity index (χ4v) is 10.1. The zero-order valence-electron chi connectivity index (χ0n) is 44.7. The maximum absolute atomic E-state index is 12.9. The van der Waals surface area contributed by atoms with E-state index in [0.29, 0.717) is 42.5 Å². The van der Waals surface area contributed by atoms with Gasteiger partial charge in [-0.1, -0.05) is 93.7 Å². The van der Waals surface area contributed by atoms with Gasteiger partial charge in [-0.05, 0) is 124 Å². The number of aromatic nitrogens is 6. The first-order valence-corrected chi connectivity index (χ1v) is 26.8. The number of anilines is 3. The van der Waals surface area contributed by atoms with Crippen molar-refractivity contribution in [3.8, 4) is 50.9 Å². The highest BCUT2D eigenvalue weighted by molar-refractivity contribution is 6.03. The molecule has 12 rings (SSSR count). The topological polar surface area (TPSA) is 179 Å². The number of para-hydroxylation sites is 2. The van der Waals surface area contributed by atoms with Gasteiger partial charge in [-0.2, -0.15) is 0 Å². The summed E-state index contributed by atoms with van der Waals surface area (Å²) < 4.78 is 16.1. The summed E-state index contributed by atoms with van der Waals surface area (Å²) in [5, 5.41) is 1.60. The van der Waals surface area contributed by atoms with Crippen LogP contribution < -0.4 is 25.8 Å². The van der Waals surface area contributed by atoms with E-state index in [2.05, 4.69) is 54.6 Å². The van der Waals surface area contributed by atoms with Gasteiger partial charge in [0.05, 0.1) is 16.8 Å². The van der Waals surface area contributed by atoms with Crippen molar-refractivity contribution in [2.75, 3.05) is 63.7 Å². The van der Waals surface area contributed by atoms with Gasteiger partial charge in [0, 0.05) is 92.4 Å². The minimum absolute atomic E-state index is 0. The monoisotopic (exact) mass is 1080 g/mol. The summed E-state index contributed by atoms with van der Waals surface area (Å²) in [6.07, 6.45) is 20.2. The highest BCUT2D eigenvalue weighted by Gasteiger charge is 2.30. The number of likely N-dealkylation sites (N-methyl/N-ethyl adjacent to an activating group) is 3. The Morgan fingerprint density at radius 1 is 0.593 bits per heavy atom. The molecule has 3 fully saturated rings. The zero-order chi connectivity index (χ0) is 54.4. The third-order valence-corrected chi connectivity index (χ3v) is 14.9. The van der Waals surface area contributed by atoms with E-state index in [4.69, 9.17) is 20.9 Å². The molecule has 9 aromatic rings. The SMILES string of the molecule is C.C.CN(C(=O)/C=C/CN(C)C1CC1)c1cccc(-n2cc(-c3ccc(Oc4ccccc4)cc3)c3c(N)ncnc32)c1.CN(C/C=C/C(=O)N1CC[C@@H](n2cc(-c3ccc(Oc4ccccc4)cc3)c3c(N)ncnc32)C1)C1CC1. The van der Waals surface area contributed by atoms with Crippen molar-refractivity contribution in [3.63, 3.8) is 0 Å². The number of ether oxygens (including phenoxy) is 2. The van der Waals surface area contributed by atoms with Crippen LogP contribution in [0.4, 0.5) is 17.3 Å². The summed E-state index contributed by atoms with van der Waals surface area (Å²) >= 11 is 0. The van der Waals surface area contributed by atoms with Gasteiger partial charge in [0.2, 0.25) is 11.8 Å². The number of nitrogen functional groups attached to an aromatic ring is 2. The van der Waals surface area contributed by atoms with E-state index >= 15 is 0 Å². The van der Waals surface area contributed by atoms with Crippen LogP contribution in [0.5, 0.6) is 23.0 Å². The second-order valence-electron chi connectivity index (χ2n) is 20.4. The van der Waals surface area contributed by atoms with Gasteiger partial charge < -0.3 is 39.9 Å². The number of carbonyl (C=O) groups excluding carboxylic acids is 2. The lowest BCUT2D eigenvalue weighted by atomic mass is 10.1. The summed E-state index contributed by atoms with van der Waals surface area (Å²) in [4.78, 5) is 51.6. The van der Waals surface area contributed by atoms with Gasteiger partial charge in [0.1, 0.15) is 52.9 Å². The van der Waals surface area contributed by atoms with E-state index in [1.54, 1.807) is 24.1 Å². The molecule has 4 aromatic heterocycles. The normalized spacial score (nSPS) is 15.0. The predicted octanol–water partition coefficient (Wildman–Crippen LogP) is 12.2. The fraction of sp³-hybridized carbons (Fsp3) is 0.262. The van der Waals surface area contributed by atoms with Crippen LogP contribution in [0.25, 0.3) is 50.0 Å². The third kappa shape index (κ3) is 13.2. The van der Waals surface area contributed by atoms with Gasteiger partial charge in [-0.3, -0.25) is 19.4 Å². The summed E-state index contributed by atoms with van der Waals surface area (Å²) in [6, 6.07) is 44.5. The molecule has 0 spiro atoms. The summed E-state index contributed by atoms with van der Waals surface area (Å²) in [7, 11) is 6.00. The van der Waals surface area contributed by atoms with E-state index in [1.807, 2.05) is 161 Å². The van der Waals surface area contributed by atoms with E-state index < -0.39 is 0 Å². The maximum atomic E-state index is 12.9. The van der Waals surface area contributed by atoms with Gasteiger partial charge in [-0.15, -0.1) is 0 Å². The Bertz CT molecular complexity index is 3650. The minimum Gasteiger partial charge on any atom is -0.457 e. The number of fused-ring (bicyclic) bond motifs is 2. The Morgan fingerprint density at radius 3 is 1.65 bits per heavy atom. The number of nitrogens with two attached hydrogens (primary N) is 2. The molecule has 0 bridgehead atoms. The van der Waals surface area contributed by atoms with Crippen molar-refractivity contribution in [2.24, 2.45) is 0 Å². The van der Waals surface area contributed by atoms with Gasteiger partial charge in [-0.25, -0.2) is 19.9 Å². The average molecular weight is 1090 g/mol. The number of hydrogen-bond acceptors (Lipinski definition) is 12. The number of hydrogen-bond donors (Lipinski definition) is 2.